The summed E-state index contributed by atoms with van der Waals surface area (Å²) in [6.45, 7) is 2.20. The monoisotopic (exact) mass is 665 g/mol. The molecule has 0 unspecified atom stereocenters. The number of para-hydroxylation sites is 2. The van der Waals surface area contributed by atoms with E-state index >= 15 is 0 Å². The lowest BCUT2D eigenvalue weighted by atomic mass is 9.92. The second-order valence-electron chi connectivity index (χ2n) is 13.7. The minimum absolute atomic E-state index is 0.853. The van der Waals surface area contributed by atoms with E-state index in [1.807, 2.05) is 0 Å². The van der Waals surface area contributed by atoms with Crippen molar-refractivity contribution < 1.29 is 4.42 Å². The molecule has 0 aliphatic carbocycles. The Hall–Kier alpha value is -6.64. The molecule has 0 aliphatic heterocycles. The molecular formula is C50H35NO. The highest BCUT2D eigenvalue weighted by Gasteiger charge is 2.22. The molecule has 2 heterocycles. The maximum absolute atomic E-state index is 6.82. The van der Waals surface area contributed by atoms with Crippen molar-refractivity contribution in [1.82, 2.24) is 4.57 Å². The summed E-state index contributed by atoms with van der Waals surface area (Å²) in [5, 5.41) is 4.73. The summed E-state index contributed by atoms with van der Waals surface area (Å²) in [5.41, 5.74) is 16.4. The molecule has 2 heteroatoms. The first-order valence-corrected chi connectivity index (χ1v) is 18.0. The number of hydrogen-bond donors (Lipinski definition) is 0. The van der Waals surface area contributed by atoms with Gasteiger partial charge in [0.2, 0.25) is 0 Å². The van der Waals surface area contributed by atoms with E-state index in [2.05, 4.69) is 193 Å². The van der Waals surface area contributed by atoms with Crippen LogP contribution < -0.4 is 0 Å². The van der Waals surface area contributed by atoms with E-state index in [1.165, 1.54) is 60.8 Å². The first-order valence-electron chi connectivity index (χ1n) is 18.0. The Morgan fingerprint density at radius 2 is 1.12 bits per heavy atom. The minimum Gasteiger partial charge on any atom is -0.455 e. The zero-order valence-corrected chi connectivity index (χ0v) is 28.9. The second-order valence-corrected chi connectivity index (χ2v) is 13.7. The van der Waals surface area contributed by atoms with Gasteiger partial charge in [-0.3, -0.25) is 0 Å². The smallest absolute Gasteiger partial charge is 0.145 e. The van der Waals surface area contributed by atoms with E-state index < -0.39 is 0 Å². The molecule has 10 rings (SSSR count). The number of benzene rings is 8. The molecule has 0 saturated heterocycles. The molecule has 10 aromatic rings. The Labute approximate surface area is 302 Å². The van der Waals surface area contributed by atoms with Gasteiger partial charge in [-0.05, 0) is 94.3 Å². The molecule has 0 radical (unpaired) electrons. The molecular weight excluding hydrogens is 631 g/mol. The third kappa shape index (κ3) is 4.87. The van der Waals surface area contributed by atoms with E-state index in [0.717, 1.165) is 45.2 Å². The summed E-state index contributed by atoms with van der Waals surface area (Å²) in [6, 6.07) is 65.6. The number of nitrogens with zero attached hydrogens (tertiary/aromatic N) is 1. The van der Waals surface area contributed by atoms with Crippen LogP contribution in [-0.4, -0.2) is 4.57 Å². The second kappa shape index (κ2) is 12.3. The van der Waals surface area contributed by atoms with Gasteiger partial charge in [0, 0.05) is 21.7 Å². The van der Waals surface area contributed by atoms with Crippen molar-refractivity contribution in [2.24, 2.45) is 0 Å². The minimum atomic E-state index is 0.853. The standard InChI is InChI=1S/C50H35NO/c1-33-15-5-7-19-37(33)39-21-8-6-18-36(39)31-34-27-29-46-44(32-34)41-23-11-13-25-45(41)51(46)47-30-28-42(50-49(47)43-24-12-14-26-48(43)52-50)40-22-10-9-20-38(40)35-16-3-2-4-17-35/h2-30,32H,31H2,1H3. The quantitative estimate of drug-likeness (QED) is 0.173. The van der Waals surface area contributed by atoms with E-state index in [9.17, 15) is 0 Å². The molecule has 2 nitrogen and oxygen atoms in total. The van der Waals surface area contributed by atoms with Crippen LogP contribution in [0.4, 0.5) is 0 Å². The van der Waals surface area contributed by atoms with Gasteiger partial charge in [-0.1, -0.05) is 146 Å². The van der Waals surface area contributed by atoms with Crippen LogP contribution in [0.3, 0.4) is 0 Å². The fourth-order valence-corrected chi connectivity index (χ4v) is 8.22. The lowest BCUT2D eigenvalue weighted by Gasteiger charge is -2.15. The molecule has 0 fully saturated rings. The van der Waals surface area contributed by atoms with E-state index in [0.29, 0.717) is 0 Å². The fourth-order valence-electron chi connectivity index (χ4n) is 8.22. The molecule has 52 heavy (non-hydrogen) atoms. The maximum Gasteiger partial charge on any atom is 0.145 e. The van der Waals surface area contributed by atoms with Gasteiger partial charge < -0.3 is 8.98 Å². The number of fused-ring (bicyclic) bond motifs is 6. The molecule has 8 aromatic carbocycles. The summed E-state index contributed by atoms with van der Waals surface area (Å²) in [5.74, 6) is 0. The topological polar surface area (TPSA) is 18.1 Å². The Morgan fingerprint density at radius 1 is 0.462 bits per heavy atom. The molecule has 0 atom stereocenters. The van der Waals surface area contributed by atoms with Crippen molar-refractivity contribution in [3.8, 4) is 39.1 Å². The molecule has 0 aliphatic rings. The van der Waals surface area contributed by atoms with Gasteiger partial charge in [0.25, 0.3) is 0 Å². The summed E-state index contributed by atoms with van der Waals surface area (Å²) < 4.78 is 9.26. The van der Waals surface area contributed by atoms with Gasteiger partial charge in [-0.25, -0.2) is 0 Å². The molecule has 0 saturated carbocycles. The van der Waals surface area contributed by atoms with Crippen LogP contribution in [0.1, 0.15) is 16.7 Å². The Morgan fingerprint density at radius 3 is 1.96 bits per heavy atom. The van der Waals surface area contributed by atoms with E-state index in [4.69, 9.17) is 4.42 Å². The van der Waals surface area contributed by atoms with Crippen LogP contribution in [0, 0.1) is 6.92 Å². The van der Waals surface area contributed by atoms with Crippen LogP contribution in [0.15, 0.2) is 186 Å². The molecule has 2 aromatic heterocycles. The predicted octanol–water partition coefficient (Wildman–Crippen LogP) is 13.6. The highest BCUT2D eigenvalue weighted by molar-refractivity contribution is 6.17. The van der Waals surface area contributed by atoms with Crippen molar-refractivity contribution in [3.05, 3.63) is 199 Å². The van der Waals surface area contributed by atoms with Gasteiger partial charge in [0.1, 0.15) is 11.2 Å². The predicted molar refractivity (Wildman–Crippen MR) is 218 cm³/mol. The first-order chi connectivity index (χ1) is 25.7. The highest BCUT2D eigenvalue weighted by Crippen LogP contribution is 2.44. The molecule has 0 bridgehead atoms. The lowest BCUT2D eigenvalue weighted by molar-refractivity contribution is 0.670. The van der Waals surface area contributed by atoms with Crippen LogP contribution >= 0.6 is 0 Å². The van der Waals surface area contributed by atoms with Gasteiger partial charge in [0.05, 0.1) is 22.1 Å². The Bertz CT molecular complexity index is 2940. The zero-order chi connectivity index (χ0) is 34.6. The van der Waals surface area contributed by atoms with Crippen LogP contribution in [-0.2, 0) is 6.42 Å². The van der Waals surface area contributed by atoms with Crippen molar-refractivity contribution >= 4 is 43.7 Å². The maximum atomic E-state index is 6.82. The lowest BCUT2D eigenvalue weighted by Crippen LogP contribution is -1.97. The molecule has 0 N–H and O–H groups in total. The zero-order valence-electron chi connectivity index (χ0n) is 28.9. The molecule has 0 amide bonds. The van der Waals surface area contributed by atoms with Crippen LogP contribution in [0.25, 0.3) is 82.8 Å². The van der Waals surface area contributed by atoms with Crippen molar-refractivity contribution in [1.29, 1.82) is 0 Å². The normalized spacial score (nSPS) is 11.6. The summed E-state index contributed by atoms with van der Waals surface area (Å²) >= 11 is 0. The fraction of sp³-hybridized carbons (Fsp3) is 0.0400. The van der Waals surface area contributed by atoms with Crippen molar-refractivity contribution in [3.63, 3.8) is 0 Å². The van der Waals surface area contributed by atoms with E-state index in [1.54, 1.807) is 0 Å². The molecule has 246 valence electrons. The number of rotatable bonds is 6. The first kappa shape index (κ1) is 30.2. The van der Waals surface area contributed by atoms with Gasteiger partial charge in [0.15, 0.2) is 0 Å². The highest BCUT2D eigenvalue weighted by atomic mass is 16.3. The van der Waals surface area contributed by atoms with Gasteiger partial charge in [-0.2, -0.15) is 0 Å². The summed E-state index contributed by atoms with van der Waals surface area (Å²) in [6.07, 6.45) is 0.853. The number of furan rings is 1. The third-order valence-corrected chi connectivity index (χ3v) is 10.6. The Balaban J connectivity index is 1.18. The summed E-state index contributed by atoms with van der Waals surface area (Å²) in [7, 11) is 0. The molecule has 0 spiro atoms. The number of aryl methyl sites for hydroxylation is 1. The Kier molecular flexibility index (Phi) is 7.14. The van der Waals surface area contributed by atoms with Gasteiger partial charge >= 0.3 is 0 Å². The average Bonchev–Trinajstić information content (AvgIpc) is 3.75. The summed E-state index contributed by atoms with van der Waals surface area (Å²) in [4.78, 5) is 0. The largest absolute Gasteiger partial charge is 0.455 e. The van der Waals surface area contributed by atoms with Crippen LogP contribution in [0.5, 0.6) is 0 Å². The number of aromatic nitrogens is 1. The van der Waals surface area contributed by atoms with Gasteiger partial charge in [-0.15, -0.1) is 0 Å². The van der Waals surface area contributed by atoms with E-state index in [-0.39, 0.29) is 0 Å². The average molecular weight is 666 g/mol. The third-order valence-electron chi connectivity index (χ3n) is 10.6. The SMILES string of the molecule is Cc1ccccc1-c1ccccc1Cc1ccc2c(c1)c1ccccc1n2-c1ccc(-c2ccccc2-c2ccccc2)c2oc3ccccc3c12. The number of hydrogen-bond acceptors (Lipinski definition) is 1. The van der Waals surface area contributed by atoms with Crippen molar-refractivity contribution in [2.75, 3.05) is 0 Å². The van der Waals surface area contributed by atoms with Crippen LogP contribution in [0.2, 0.25) is 0 Å². The van der Waals surface area contributed by atoms with Crippen molar-refractivity contribution in [2.45, 2.75) is 13.3 Å².